The molecule has 0 saturated carbocycles. The Kier molecular flexibility index (Phi) is 7.72. The number of carboxylic acid groups (broad SMARTS) is 1. The molecule has 3 rings (SSSR count). The molecular weight excluding hydrogens is 480 g/mol. The number of aliphatic hydroxyl groups excluding tert-OH is 1. The van der Waals surface area contributed by atoms with E-state index >= 15 is 0 Å². The van der Waals surface area contributed by atoms with Gasteiger partial charge in [-0.05, 0) is 18.8 Å². The number of aliphatic hydroxyl groups is 1. The number of aliphatic carboxylic acids is 1. The highest BCUT2D eigenvalue weighted by molar-refractivity contribution is 9.09. The smallest absolute Gasteiger partial charge is 0.310 e. The van der Waals surface area contributed by atoms with Gasteiger partial charge in [0.2, 0.25) is 11.8 Å². The largest absolute Gasteiger partial charge is 0.481 e. The van der Waals surface area contributed by atoms with Gasteiger partial charge in [-0.3, -0.25) is 14.4 Å². The van der Waals surface area contributed by atoms with Gasteiger partial charge in [-0.25, -0.2) is 0 Å². The van der Waals surface area contributed by atoms with Gasteiger partial charge in [-0.1, -0.05) is 55.6 Å². The number of likely N-dealkylation sites (tertiary alicyclic amines) is 1. The molecule has 1 spiro atoms. The van der Waals surface area contributed by atoms with E-state index in [1.165, 1.54) is 4.90 Å². The summed E-state index contributed by atoms with van der Waals surface area (Å²) < 4.78 is 6.30. The molecule has 9 heteroatoms. The Balaban J connectivity index is 2.12. The van der Waals surface area contributed by atoms with Crippen LogP contribution in [0.25, 0.3) is 0 Å². The second kappa shape index (κ2) is 9.81. The van der Waals surface area contributed by atoms with E-state index < -0.39 is 47.5 Å². The molecule has 0 aromatic rings. The molecule has 8 nitrogen and oxygen atoms in total. The maximum Gasteiger partial charge on any atom is 0.310 e. The zero-order valence-corrected chi connectivity index (χ0v) is 20.7. The quantitative estimate of drug-likeness (QED) is 0.322. The predicted octanol–water partition coefficient (Wildman–Crippen LogP) is 2.04. The van der Waals surface area contributed by atoms with E-state index in [1.54, 1.807) is 11.0 Å². The van der Waals surface area contributed by atoms with Crippen molar-refractivity contribution >= 4 is 33.7 Å². The Labute approximate surface area is 198 Å². The number of hydrogen-bond donors (Lipinski definition) is 2. The van der Waals surface area contributed by atoms with Crippen LogP contribution in [-0.2, 0) is 19.1 Å². The Bertz CT molecular complexity index is 763. The molecule has 3 unspecified atom stereocenters. The Morgan fingerprint density at radius 1 is 1.44 bits per heavy atom. The molecule has 3 fully saturated rings. The third-order valence-electron chi connectivity index (χ3n) is 7.53. The van der Waals surface area contributed by atoms with Crippen LogP contribution in [0, 0.1) is 17.8 Å². The molecule has 0 aliphatic carbocycles. The zero-order chi connectivity index (χ0) is 23.8. The van der Waals surface area contributed by atoms with Crippen LogP contribution in [0.15, 0.2) is 12.7 Å². The van der Waals surface area contributed by atoms with Crippen LogP contribution < -0.4 is 0 Å². The zero-order valence-electron chi connectivity index (χ0n) is 19.1. The summed E-state index contributed by atoms with van der Waals surface area (Å²) in [5, 5.41) is 20.2. The van der Waals surface area contributed by atoms with Gasteiger partial charge < -0.3 is 24.7 Å². The monoisotopic (exact) mass is 514 g/mol. The van der Waals surface area contributed by atoms with E-state index in [0.717, 1.165) is 12.8 Å². The van der Waals surface area contributed by atoms with Gasteiger partial charge in [0.15, 0.2) is 0 Å². The molecule has 3 heterocycles. The SMILES string of the molecule is C=CCN(CCCC)C(=O)C1N([C@@H](CO)[C@@H](C)CC)C(=O)[C@@H]2[C@@H](C(=O)O)[C@@H]3OC12CC3Br. The number of ether oxygens (including phenoxy) is 1. The number of unbranched alkanes of at least 4 members (excludes halogenated alkanes) is 1. The predicted molar refractivity (Wildman–Crippen MR) is 122 cm³/mol. The van der Waals surface area contributed by atoms with Crippen molar-refractivity contribution in [3.63, 3.8) is 0 Å². The number of alkyl halides is 1. The summed E-state index contributed by atoms with van der Waals surface area (Å²) in [6, 6.07) is -1.57. The first-order chi connectivity index (χ1) is 15.2. The van der Waals surface area contributed by atoms with Crippen molar-refractivity contribution in [3.05, 3.63) is 12.7 Å². The fourth-order valence-corrected chi connectivity index (χ4v) is 6.71. The van der Waals surface area contributed by atoms with Gasteiger partial charge in [0.05, 0.1) is 30.6 Å². The first-order valence-electron chi connectivity index (χ1n) is 11.6. The molecule has 0 aromatic carbocycles. The van der Waals surface area contributed by atoms with Gasteiger partial charge in [0.1, 0.15) is 11.6 Å². The molecule has 2 amide bonds. The lowest BCUT2D eigenvalue weighted by Gasteiger charge is -2.41. The number of nitrogens with zero attached hydrogens (tertiary/aromatic N) is 2. The molecule has 3 saturated heterocycles. The molecule has 8 atom stereocenters. The number of halogens is 1. The highest BCUT2D eigenvalue weighted by Gasteiger charge is 2.77. The fourth-order valence-electron chi connectivity index (χ4n) is 5.77. The lowest BCUT2D eigenvalue weighted by Crippen LogP contribution is -2.60. The molecular formula is C23H35BrN2O6. The number of carboxylic acids is 1. The lowest BCUT2D eigenvalue weighted by atomic mass is 9.70. The van der Waals surface area contributed by atoms with Crippen molar-refractivity contribution in [2.75, 3.05) is 19.7 Å². The summed E-state index contributed by atoms with van der Waals surface area (Å²) >= 11 is 3.55. The van der Waals surface area contributed by atoms with E-state index in [2.05, 4.69) is 22.5 Å². The third kappa shape index (κ3) is 3.80. The molecule has 3 aliphatic heterocycles. The van der Waals surface area contributed by atoms with Crippen LogP contribution in [0.5, 0.6) is 0 Å². The summed E-state index contributed by atoms with van der Waals surface area (Å²) in [4.78, 5) is 42.9. The van der Waals surface area contributed by atoms with Gasteiger partial charge in [-0.2, -0.15) is 0 Å². The fraction of sp³-hybridized carbons (Fsp3) is 0.783. The highest BCUT2D eigenvalue weighted by Crippen LogP contribution is 2.60. The topological polar surface area (TPSA) is 107 Å². The molecule has 3 aliphatic rings. The van der Waals surface area contributed by atoms with Crippen molar-refractivity contribution in [2.24, 2.45) is 17.8 Å². The van der Waals surface area contributed by atoms with Crippen molar-refractivity contribution in [1.29, 1.82) is 0 Å². The van der Waals surface area contributed by atoms with Gasteiger partial charge >= 0.3 is 5.97 Å². The van der Waals surface area contributed by atoms with E-state index in [-0.39, 0.29) is 23.3 Å². The molecule has 32 heavy (non-hydrogen) atoms. The Morgan fingerprint density at radius 2 is 2.12 bits per heavy atom. The molecule has 0 aromatic heterocycles. The van der Waals surface area contributed by atoms with Crippen LogP contribution in [0.3, 0.4) is 0 Å². The maximum absolute atomic E-state index is 14.0. The number of rotatable bonds is 11. The molecule has 180 valence electrons. The second-order valence-electron chi connectivity index (χ2n) is 9.31. The normalized spacial score (nSPS) is 35.0. The van der Waals surface area contributed by atoms with Crippen LogP contribution in [0.4, 0.5) is 0 Å². The standard InChI is InChI=1S/C23H35BrN2O6/c1-5-8-10-25(9-6-2)21(29)19-23-11-14(24)18(32-23)16(22(30)31)17(23)20(28)26(19)15(12-27)13(4)7-3/h6,13-19,27H,2,5,7-12H2,1,3-4H3,(H,30,31)/t13-,14?,15-,16+,17-,18+,19?,23?/m0/s1. The first-order valence-corrected chi connectivity index (χ1v) is 12.5. The summed E-state index contributed by atoms with van der Waals surface area (Å²) in [5.41, 5.74) is -1.22. The van der Waals surface area contributed by atoms with E-state index in [9.17, 15) is 24.6 Å². The number of carbonyl (C=O) groups is 3. The minimum absolute atomic E-state index is 0.0711. The maximum atomic E-state index is 14.0. The van der Waals surface area contributed by atoms with E-state index in [1.807, 2.05) is 20.8 Å². The van der Waals surface area contributed by atoms with Gasteiger partial charge in [-0.15, -0.1) is 6.58 Å². The Morgan fingerprint density at radius 3 is 2.66 bits per heavy atom. The van der Waals surface area contributed by atoms with E-state index in [4.69, 9.17) is 4.74 Å². The van der Waals surface area contributed by atoms with Crippen LogP contribution >= 0.6 is 15.9 Å². The van der Waals surface area contributed by atoms with Crippen LogP contribution in [0.2, 0.25) is 0 Å². The lowest BCUT2D eigenvalue weighted by molar-refractivity contribution is -0.154. The van der Waals surface area contributed by atoms with Crippen molar-refractivity contribution in [1.82, 2.24) is 9.80 Å². The number of hydrogen-bond acceptors (Lipinski definition) is 5. The van der Waals surface area contributed by atoms with Crippen molar-refractivity contribution in [3.8, 4) is 0 Å². The number of carbonyl (C=O) groups excluding carboxylic acids is 2. The summed E-state index contributed by atoms with van der Waals surface area (Å²) in [6.45, 7) is 10.2. The average molecular weight is 515 g/mol. The minimum Gasteiger partial charge on any atom is -0.481 e. The molecule has 2 bridgehead atoms. The van der Waals surface area contributed by atoms with Crippen molar-refractivity contribution < 1.29 is 29.3 Å². The highest BCUT2D eigenvalue weighted by atomic mass is 79.9. The average Bonchev–Trinajstić information content (AvgIpc) is 3.35. The molecule has 2 N–H and O–H groups in total. The van der Waals surface area contributed by atoms with Crippen LogP contribution in [0.1, 0.15) is 46.5 Å². The third-order valence-corrected chi connectivity index (χ3v) is 8.38. The van der Waals surface area contributed by atoms with E-state index in [0.29, 0.717) is 25.9 Å². The van der Waals surface area contributed by atoms with Crippen LogP contribution in [-0.4, -0.2) is 86.1 Å². The first kappa shape index (κ1) is 25.2. The second-order valence-corrected chi connectivity index (χ2v) is 10.5. The summed E-state index contributed by atoms with van der Waals surface area (Å²) in [7, 11) is 0. The number of fused-ring (bicyclic) bond motifs is 1. The summed E-state index contributed by atoms with van der Waals surface area (Å²) in [6.07, 6.45) is 3.76. The van der Waals surface area contributed by atoms with Gasteiger partial charge in [0, 0.05) is 17.9 Å². The minimum atomic E-state index is -1.22. The van der Waals surface area contributed by atoms with Crippen molar-refractivity contribution in [2.45, 2.75) is 75.1 Å². The Hall–Kier alpha value is -1.45. The van der Waals surface area contributed by atoms with Gasteiger partial charge in [0.25, 0.3) is 0 Å². The molecule has 0 radical (unpaired) electrons. The summed E-state index contributed by atoms with van der Waals surface area (Å²) in [5.74, 6) is -3.79. The number of amides is 2.